The first kappa shape index (κ1) is 14.6. The molecular weight excluding hydrogens is 285 g/mol. The summed E-state index contributed by atoms with van der Waals surface area (Å²) >= 11 is 3.31. The number of nitrogens with one attached hydrogen (secondary N) is 1. The Labute approximate surface area is 111 Å². The highest BCUT2D eigenvalue weighted by molar-refractivity contribution is 9.10. The van der Waals surface area contributed by atoms with Crippen molar-refractivity contribution in [2.45, 2.75) is 25.8 Å². The normalized spacial score (nSPS) is 12.7. The molecular formula is C13H19BrFNO. The van der Waals surface area contributed by atoms with Gasteiger partial charge >= 0.3 is 0 Å². The van der Waals surface area contributed by atoms with Crippen LogP contribution in [0.2, 0.25) is 0 Å². The van der Waals surface area contributed by atoms with Crippen molar-refractivity contribution in [2.75, 3.05) is 20.3 Å². The van der Waals surface area contributed by atoms with Gasteiger partial charge in [-0.3, -0.25) is 0 Å². The molecule has 1 unspecified atom stereocenters. The maximum atomic E-state index is 13.5. The van der Waals surface area contributed by atoms with Crippen molar-refractivity contribution in [1.82, 2.24) is 5.32 Å². The van der Waals surface area contributed by atoms with Gasteiger partial charge in [0.1, 0.15) is 5.82 Å². The monoisotopic (exact) mass is 303 g/mol. The summed E-state index contributed by atoms with van der Waals surface area (Å²) in [6.45, 7) is 3.64. The number of benzene rings is 1. The van der Waals surface area contributed by atoms with E-state index >= 15 is 0 Å². The number of halogens is 2. The van der Waals surface area contributed by atoms with E-state index in [2.05, 4.69) is 28.2 Å². The van der Waals surface area contributed by atoms with Crippen molar-refractivity contribution < 1.29 is 9.13 Å². The molecule has 96 valence electrons. The van der Waals surface area contributed by atoms with Crippen molar-refractivity contribution in [1.29, 1.82) is 0 Å². The Kier molecular flexibility index (Phi) is 6.70. The summed E-state index contributed by atoms with van der Waals surface area (Å²) in [6, 6.07) is 5.33. The van der Waals surface area contributed by atoms with Crippen LogP contribution >= 0.6 is 15.9 Å². The van der Waals surface area contributed by atoms with E-state index in [0.29, 0.717) is 4.47 Å². The molecule has 0 aliphatic heterocycles. The van der Waals surface area contributed by atoms with E-state index in [1.807, 2.05) is 6.07 Å². The number of rotatable bonds is 7. The maximum absolute atomic E-state index is 13.5. The van der Waals surface area contributed by atoms with Gasteiger partial charge in [0.25, 0.3) is 0 Å². The number of ether oxygens (including phenoxy) is 1. The van der Waals surface area contributed by atoms with Gasteiger partial charge in [-0.2, -0.15) is 0 Å². The fourth-order valence-electron chi connectivity index (χ4n) is 1.84. The van der Waals surface area contributed by atoms with Crippen LogP contribution in [0.3, 0.4) is 0 Å². The van der Waals surface area contributed by atoms with Crippen molar-refractivity contribution in [3.05, 3.63) is 34.1 Å². The zero-order valence-corrected chi connectivity index (χ0v) is 11.9. The Balaban J connectivity index is 2.77. The summed E-state index contributed by atoms with van der Waals surface area (Å²) in [5, 5.41) is 3.37. The minimum atomic E-state index is -0.211. The molecule has 1 aromatic rings. The molecule has 4 heteroatoms. The van der Waals surface area contributed by atoms with Crippen LogP contribution in [0, 0.1) is 5.82 Å². The topological polar surface area (TPSA) is 21.3 Å². The molecule has 0 saturated heterocycles. The second kappa shape index (κ2) is 7.80. The molecule has 0 fully saturated rings. The van der Waals surface area contributed by atoms with Crippen LogP contribution in [0.15, 0.2) is 22.7 Å². The molecule has 0 aromatic heterocycles. The zero-order valence-electron chi connectivity index (χ0n) is 10.3. The average Bonchev–Trinajstić information content (AvgIpc) is 2.32. The molecule has 0 radical (unpaired) electrons. The highest BCUT2D eigenvalue weighted by Crippen LogP contribution is 2.28. The lowest BCUT2D eigenvalue weighted by Crippen LogP contribution is -2.22. The standard InChI is InChI=1S/C13H19BrFNO/c1-3-16-12(8-5-9-17-2)10-6-4-7-11(15)13(10)14/h4,6-7,12,16H,3,5,8-9H2,1-2H3. The Bertz CT molecular complexity index is 346. The third-order valence-electron chi connectivity index (χ3n) is 2.65. The quantitative estimate of drug-likeness (QED) is 0.776. The lowest BCUT2D eigenvalue weighted by atomic mass is 10.0. The van der Waals surface area contributed by atoms with Gasteiger partial charge in [0, 0.05) is 19.8 Å². The predicted octanol–water partition coefficient (Wildman–Crippen LogP) is 3.67. The van der Waals surface area contributed by atoms with Gasteiger partial charge in [-0.05, 0) is 46.9 Å². The zero-order chi connectivity index (χ0) is 12.7. The van der Waals surface area contributed by atoms with Crippen LogP contribution in [-0.4, -0.2) is 20.3 Å². The molecule has 0 bridgehead atoms. The van der Waals surface area contributed by atoms with Gasteiger partial charge in [-0.25, -0.2) is 4.39 Å². The number of hydrogen-bond acceptors (Lipinski definition) is 2. The Morgan fingerprint density at radius 3 is 2.88 bits per heavy atom. The number of methoxy groups -OCH3 is 1. The van der Waals surface area contributed by atoms with Crippen LogP contribution in [0.4, 0.5) is 4.39 Å². The molecule has 0 aliphatic rings. The predicted molar refractivity (Wildman–Crippen MR) is 71.6 cm³/mol. The first-order valence-corrected chi connectivity index (χ1v) is 6.66. The minimum Gasteiger partial charge on any atom is -0.385 e. The molecule has 1 N–H and O–H groups in total. The summed E-state index contributed by atoms with van der Waals surface area (Å²) in [5.74, 6) is -0.211. The smallest absolute Gasteiger partial charge is 0.137 e. The van der Waals surface area contributed by atoms with Gasteiger partial charge in [0.05, 0.1) is 4.47 Å². The van der Waals surface area contributed by atoms with Crippen LogP contribution in [0.25, 0.3) is 0 Å². The second-order valence-electron chi connectivity index (χ2n) is 3.89. The fraction of sp³-hybridized carbons (Fsp3) is 0.538. The summed E-state index contributed by atoms with van der Waals surface area (Å²) in [7, 11) is 1.69. The third-order valence-corrected chi connectivity index (χ3v) is 3.49. The lowest BCUT2D eigenvalue weighted by Gasteiger charge is -2.19. The molecule has 1 aromatic carbocycles. The van der Waals surface area contributed by atoms with Crippen LogP contribution in [0.5, 0.6) is 0 Å². The molecule has 1 rings (SSSR count). The molecule has 17 heavy (non-hydrogen) atoms. The Morgan fingerprint density at radius 2 is 2.24 bits per heavy atom. The maximum Gasteiger partial charge on any atom is 0.137 e. The molecule has 0 heterocycles. The molecule has 1 atom stereocenters. The summed E-state index contributed by atoms with van der Waals surface area (Å²) in [6.07, 6.45) is 1.89. The summed E-state index contributed by atoms with van der Waals surface area (Å²) < 4.78 is 19.1. The second-order valence-corrected chi connectivity index (χ2v) is 4.68. The molecule has 0 spiro atoms. The van der Waals surface area contributed by atoms with Gasteiger partial charge in [0.2, 0.25) is 0 Å². The van der Waals surface area contributed by atoms with Crippen molar-refractivity contribution in [3.8, 4) is 0 Å². The van der Waals surface area contributed by atoms with Crippen molar-refractivity contribution in [3.63, 3.8) is 0 Å². The summed E-state index contributed by atoms with van der Waals surface area (Å²) in [5.41, 5.74) is 0.975. The SMILES string of the molecule is CCNC(CCCOC)c1cccc(F)c1Br. The lowest BCUT2D eigenvalue weighted by molar-refractivity contribution is 0.189. The van der Waals surface area contributed by atoms with Crippen molar-refractivity contribution >= 4 is 15.9 Å². The van der Waals surface area contributed by atoms with Gasteiger partial charge in [-0.15, -0.1) is 0 Å². The highest BCUT2D eigenvalue weighted by Gasteiger charge is 2.15. The highest BCUT2D eigenvalue weighted by atomic mass is 79.9. The third kappa shape index (κ3) is 4.37. The molecule has 0 aliphatic carbocycles. The van der Waals surface area contributed by atoms with Crippen LogP contribution < -0.4 is 5.32 Å². The Hall–Kier alpha value is -0.450. The van der Waals surface area contributed by atoms with Crippen LogP contribution in [-0.2, 0) is 4.74 Å². The van der Waals surface area contributed by atoms with E-state index in [1.165, 1.54) is 6.07 Å². The van der Waals surface area contributed by atoms with E-state index < -0.39 is 0 Å². The van der Waals surface area contributed by atoms with E-state index in [1.54, 1.807) is 13.2 Å². The molecule has 2 nitrogen and oxygen atoms in total. The van der Waals surface area contributed by atoms with E-state index in [4.69, 9.17) is 4.74 Å². The Morgan fingerprint density at radius 1 is 1.47 bits per heavy atom. The molecule has 0 saturated carbocycles. The van der Waals surface area contributed by atoms with Crippen LogP contribution in [0.1, 0.15) is 31.4 Å². The van der Waals surface area contributed by atoms with Gasteiger partial charge in [-0.1, -0.05) is 19.1 Å². The van der Waals surface area contributed by atoms with E-state index in [-0.39, 0.29) is 11.9 Å². The fourth-order valence-corrected chi connectivity index (χ4v) is 2.38. The average molecular weight is 304 g/mol. The van der Waals surface area contributed by atoms with Crippen molar-refractivity contribution in [2.24, 2.45) is 0 Å². The number of hydrogen-bond donors (Lipinski definition) is 1. The van der Waals surface area contributed by atoms with Gasteiger partial charge in [0.15, 0.2) is 0 Å². The first-order chi connectivity index (χ1) is 8.20. The van der Waals surface area contributed by atoms with Gasteiger partial charge < -0.3 is 10.1 Å². The summed E-state index contributed by atoms with van der Waals surface area (Å²) in [4.78, 5) is 0. The largest absolute Gasteiger partial charge is 0.385 e. The first-order valence-electron chi connectivity index (χ1n) is 5.87. The van der Waals surface area contributed by atoms with E-state index in [9.17, 15) is 4.39 Å². The van der Waals surface area contributed by atoms with E-state index in [0.717, 1.165) is 31.6 Å². The minimum absolute atomic E-state index is 0.167. The molecule has 0 amide bonds.